The topological polar surface area (TPSA) is 105 Å². The number of carbonyl (C=O) groups excluding carboxylic acids is 4. The molecule has 0 atom stereocenters. The van der Waals surface area contributed by atoms with Crippen molar-refractivity contribution < 1.29 is 23.9 Å². The maximum absolute atomic E-state index is 12.3. The molecule has 0 aliphatic carbocycles. The summed E-state index contributed by atoms with van der Waals surface area (Å²) < 4.78 is 5.02. The second kappa shape index (κ2) is 8.98. The minimum Gasteiger partial charge on any atom is -0.452 e. The zero-order valence-corrected chi connectivity index (χ0v) is 14.9. The summed E-state index contributed by atoms with van der Waals surface area (Å²) in [5, 5.41) is 5.01. The van der Waals surface area contributed by atoms with Gasteiger partial charge in [0.25, 0.3) is 5.91 Å². The van der Waals surface area contributed by atoms with E-state index in [-0.39, 0.29) is 30.0 Å². The van der Waals surface area contributed by atoms with Crippen molar-refractivity contribution >= 4 is 29.4 Å². The molecule has 1 aromatic rings. The molecule has 1 aliphatic heterocycles. The lowest BCUT2D eigenvalue weighted by molar-refractivity contribution is -0.128. The third-order valence-corrected chi connectivity index (χ3v) is 3.72. The van der Waals surface area contributed by atoms with Crippen molar-refractivity contribution in [3.8, 4) is 0 Å². The zero-order valence-electron chi connectivity index (χ0n) is 14.9. The molecule has 0 bridgehead atoms. The summed E-state index contributed by atoms with van der Waals surface area (Å²) in [4.78, 5) is 49.0. The second-order valence-corrected chi connectivity index (χ2v) is 6.24. The Morgan fingerprint density at radius 3 is 2.58 bits per heavy atom. The van der Waals surface area contributed by atoms with E-state index in [0.29, 0.717) is 18.7 Å². The van der Waals surface area contributed by atoms with Crippen molar-refractivity contribution in [2.24, 2.45) is 0 Å². The van der Waals surface area contributed by atoms with Crippen LogP contribution in [0.3, 0.4) is 0 Å². The van der Waals surface area contributed by atoms with Gasteiger partial charge in [0.2, 0.25) is 11.8 Å². The zero-order chi connectivity index (χ0) is 19.1. The fourth-order valence-electron chi connectivity index (χ4n) is 2.60. The number of para-hydroxylation sites is 1. The molecule has 140 valence electrons. The molecule has 2 N–H and O–H groups in total. The third kappa shape index (κ3) is 5.30. The van der Waals surface area contributed by atoms with Gasteiger partial charge in [-0.25, -0.2) is 4.79 Å². The van der Waals surface area contributed by atoms with Crippen molar-refractivity contribution in [2.75, 3.05) is 24.6 Å². The van der Waals surface area contributed by atoms with Gasteiger partial charge in [0.1, 0.15) is 0 Å². The number of benzene rings is 1. The third-order valence-electron chi connectivity index (χ3n) is 3.72. The number of amides is 3. The maximum atomic E-state index is 12.3. The summed E-state index contributed by atoms with van der Waals surface area (Å²) in [6.07, 6.45) is 1.19. The van der Waals surface area contributed by atoms with Gasteiger partial charge in [0, 0.05) is 19.0 Å². The molecule has 1 aromatic carbocycles. The van der Waals surface area contributed by atoms with E-state index in [4.69, 9.17) is 4.74 Å². The first-order chi connectivity index (χ1) is 12.4. The molecular weight excluding hydrogens is 338 g/mol. The standard InChI is InChI=1S/C18H23N3O5/c1-12(2)20-15(22)10-19-16(23)11-26-18(25)13-6-3-4-7-14(13)21-9-5-8-17(21)24/h3-4,6-7,12H,5,8-11H2,1-2H3,(H,19,23)(H,20,22). The Labute approximate surface area is 151 Å². The predicted octanol–water partition coefficient (Wildman–Crippen LogP) is 0.611. The van der Waals surface area contributed by atoms with Gasteiger partial charge >= 0.3 is 5.97 Å². The first kappa shape index (κ1) is 19.4. The molecule has 1 heterocycles. The summed E-state index contributed by atoms with van der Waals surface area (Å²) >= 11 is 0. The monoisotopic (exact) mass is 361 g/mol. The summed E-state index contributed by atoms with van der Waals surface area (Å²) in [5.41, 5.74) is 0.713. The molecule has 0 radical (unpaired) electrons. The van der Waals surface area contributed by atoms with Crippen LogP contribution in [-0.4, -0.2) is 49.4 Å². The molecule has 0 aromatic heterocycles. The number of nitrogens with one attached hydrogen (secondary N) is 2. The SMILES string of the molecule is CC(C)NC(=O)CNC(=O)COC(=O)c1ccccc1N1CCCC1=O. The van der Waals surface area contributed by atoms with Gasteiger partial charge in [-0.3, -0.25) is 14.4 Å². The van der Waals surface area contributed by atoms with Crippen LogP contribution in [0.5, 0.6) is 0 Å². The molecule has 1 fully saturated rings. The predicted molar refractivity (Wildman–Crippen MR) is 94.6 cm³/mol. The Morgan fingerprint density at radius 1 is 1.19 bits per heavy atom. The number of carbonyl (C=O) groups is 4. The number of anilines is 1. The van der Waals surface area contributed by atoms with Gasteiger partial charge in [0.05, 0.1) is 17.8 Å². The van der Waals surface area contributed by atoms with E-state index in [2.05, 4.69) is 10.6 Å². The normalized spacial score (nSPS) is 13.7. The van der Waals surface area contributed by atoms with E-state index >= 15 is 0 Å². The first-order valence-corrected chi connectivity index (χ1v) is 8.51. The van der Waals surface area contributed by atoms with Crippen molar-refractivity contribution in [3.63, 3.8) is 0 Å². The molecule has 8 nitrogen and oxygen atoms in total. The highest BCUT2D eigenvalue weighted by Crippen LogP contribution is 2.25. The van der Waals surface area contributed by atoms with E-state index in [1.165, 1.54) is 0 Å². The minimum absolute atomic E-state index is 0.0259. The van der Waals surface area contributed by atoms with E-state index in [0.717, 1.165) is 6.42 Å². The molecule has 1 aliphatic rings. The smallest absolute Gasteiger partial charge is 0.340 e. The minimum atomic E-state index is -0.693. The average Bonchev–Trinajstić information content (AvgIpc) is 3.03. The van der Waals surface area contributed by atoms with Gasteiger partial charge in [0.15, 0.2) is 6.61 Å². The number of hydrogen-bond acceptors (Lipinski definition) is 5. The van der Waals surface area contributed by atoms with Crippen molar-refractivity contribution in [1.29, 1.82) is 0 Å². The highest BCUT2D eigenvalue weighted by Gasteiger charge is 2.26. The number of nitrogens with zero attached hydrogens (tertiary/aromatic N) is 1. The van der Waals surface area contributed by atoms with Gasteiger partial charge in [-0.15, -0.1) is 0 Å². The maximum Gasteiger partial charge on any atom is 0.340 e. The van der Waals surface area contributed by atoms with Crippen molar-refractivity contribution in [3.05, 3.63) is 29.8 Å². The van der Waals surface area contributed by atoms with Gasteiger partial charge < -0.3 is 20.3 Å². The Balaban J connectivity index is 1.89. The van der Waals surface area contributed by atoms with E-state index in [1.807, 2.05) is 13.8 Å². The molecule has 0 saturated carbocycles. The van der Waals surface area contributed by atoms with E-state index in [1.54, 1.807) is 29.2 Å². The van der Waals surface area contributed by atoms with Gasteiger partial charge in [-0.1, -0.05) is 12.1 Å². The highest BCUT2D eigenvalue weighted by atomic mass is 16.5. The Morgan fingerprint density at radius 2 is 1.92 bits per heavy atom. The molecule has 26 heavy (non-hydrogen) atoms. The van der Waals surface area contributed by atoms with Crippen LogP contribution in [-0.2, 0) is 19.1 Å². The fraction of sp³-hybridized carbons (Fsp3) is 0.444. The molecule has 8 heteroatoms. The van der Waals surface area contributed by atoms with Crippen LogP contribution in [0.25, 0.3) is 0 Å². The van der Waals surface area contributed by atoms with Crippen LogP contribution in [0.2, 0.25) is 0 Å². The van der Waals surface area contributed by atoms with Gasteiger partial charge in [-0.2, -0.15) is 0 Å². The molecule has 3 amide bonds. The molecule has 0 spiro atoms. The molecule has 1 saturated heterocycles. The summed E-state index contributed by atoms with van der Waals surface area (Å²) in [6.45, 7) is 3.48. The number of esters is 1. The quantitative estimate of drug-likeness (QED) is 0.693. The lowest BCUT2D eigenvalue weighted by Gasteiger charge is -2.18. The summed E-state index contributed by atoms with van der Waals surface area (Å²) in [5.74, 6) is -1.63. The van der Waals surface area contributed by atoms with Crippen LogP contribution < -0.4 is 15.5 Å². The lowest BCUT2D eigenvalue weighted by atomic mass is 10.1. The molecular formula is C18H23N3O5. The number of ether oxygens (including phenoxy) is 1. The molecule has 0 unspecified atom stereocenters. The van der Waals surface area contributed by atoms with Crippen LogP contribution in [0.1, 0.15) is 37.0 Å². The number of rotatable bonds is 7. The van der Waals surface area contributed by atoms with Crippen LogP contribution in [0, 0.1) is 0 Å². The van der Waals surface area contributed by atoms with Gasteiger partial charge in [-0.05, 0) is 32.4 Å². The fourth-order valence-corrected chi connectivity index (χ4v) is 2.60. The summed E-state index contributed by atoms with van der Waals surface area (Å²) in [6, 6.07) is 6.60. The van der Waals surface area contributed by atoms with Crippen LogP contribution in [0.15, 0.2) is 24.3 Å². The largest absolute Gasteiger partial charge is 0.452 e. The van der Waals surface area contributed by atoms with Crippen molar-refractivity contribution in [2.45, 2.75) is 32.7 Å². The Bertz CT molecular complexity index is 702. The summed E-state index contributed by atoms with van der Waals surface area (Å²) in [7, 11) is 0. The Kier molecular flexibility index (Phi) is 6.71. The molecule has 2 rings (SSSR count). The second-order valence-electron chi connectivity index (χ2n) is 6.24. The van der Waals surface area contributed by atoms with Crippen molar-refractivity contribution in [1.82, 2.24) is 10.6 Å². The van der Waals surface area contributed by atoms with Crippen LogP contribution >= 0.6 is 0 Å². The number of hydrogen-bond donors (Lipinski definition) is 2. The van der Waals surface area contributed by atoms with E-state index < -0.39 is 18.5 Å². The first-order valence-electron chi connectivity index (χ1n) is 8.51. The average molecular weight is 361 g/mol. The Hall–Kier alpha value is -2.90. The highest BCUT2D eigenvalue weighted by molar-refractivity contribution is 6.04. The van der Waals surface area contributed by atoms with E-state index in [9.17, 15) is 19.2 Å². The van der Waals surface area contributed by atoms with Crippen LogP contribution in [0.4, 0.5) is 5.69 Å². The lowest BCUT2D eigenvalue weighted by Crippen LogP contribution is -2.41.